The zero-order chi connectivity index (χ0) is 11.5. The van der Waals surface area contributed by atoms with Gasteiger partial charge in [0.1, 0.15) is 11.5 Å². The number of ether oxygens (including phenoxy) is 3. The predicted octanol–water partition coefficient (Wildman–Crippen LogP) is 0.554. The molecule has 0 radical (unpaired) electrons. The number of aliphatic hydroxyl groups excluding tert-OH is 1. The van der Waals surface area contributed by atoms with Crippen molar-refractivity contribution in [3.63, 3.8) is 0 Å². The second kappa shape index (κ2) is 4.69. The lowest BCUT2D eigenvalue weighted by Crippen LogP contribution is -2.19. The van der Waals surface area contributed by atoms with Gasteiger partial charge in [-0.15, -0.1) is 0 Å². The van der Waals surface area contributed by atoms with Crippen molar-refractivity contribution in [2.75, 3.05) is 20.4 Å². The maximum atomic E-state index is 9.88. The SMILES string of the molecule is COc1ccc2c(c1C(O)CN)COCO2. The quantitative estimate of drug-likeness (QED) is 0.786. The van der Waals surface area contributed by atoms with Crippen LogP contribution in [0.2, 0.25) is 0 Å². The van der Waals surface area contributed by atoms with Gasteiger partial charge >= 0.3 is 0 Å². The summed E-state index contributed by atoms with van der Waals surface area (Å²) in [6.45, 7) is 0.767. The molecule has 0 saturated heterocycles. The van der Waals surface area contributed by atoms with Gasteiger partial charge in [-0.05, 0) is 12.1 Å². The van der Waals surface area contributed by atoms with E-state index >= 15 is 0 Å². The number of rotatable bonds is 3. The smallest absolute Gasteiger partial charge is 0.189 e. The number of nitrogens with two attached hydrogens (primary N) is 1. The average Bonchev–Trinajstić information content (AvgIpc) is 2.36. The molecule has 0 fully saturated rings. The number of methoxy groups -OCH3 is 1. The van der Waals surface area contributed by atoms with Crippen molar-refractivity contribution in [1.82, 2.24) is 0 Å². The normalized spacial score (nSPS) is 16.2. The average molecular weight is 225 g/mol. The lowest BCUT2D eigenvalue weighted by Gasteiger charge is -2.24. The lowest BCUT2D eigenvalue weighted by atomic mass is 10.00. The number of fused-ring (bicyclic) bond motifs is 1. The van der Waals surface area contributed by atoms with E-state index in [0.717, 1.165) is 11.3 Å². The molecular weight excluding hydrogens is 210 g/mol. The number of aliphatic hydroxyl groups is 1. The van der Waals surface area contributed by atoms with E-state index in [1.807, 2.05) is 6.07 Å². The Morgan fingerprint density at radius 1 is 1.56 bits per heavy atom. The van der Waals surface area contributed by atoms with Crippen LogP contribution in [0.4, 0.5) is 0 Å². The Hall–Kier alpha value is -1.30. The van der Waals surface area contributed by atoms with Gasteiger partial charge in [0.25, 0.3) is 0 Å². The van der Waals surface area contributed by atoms with Crippen LogP contribution < -0.4 is 15.2 Å². The number of hydrogen-bond donors (Lipinski definition) is 2. The summed E-state index contributed by atoms with van der Waals surface area (Å²) in [7, 11) is 1.55. The second-order valence-corrected chi connectivity index (χ2v) is 3.52. The highest BCUT2D eigenvalue weighted by Crippen LogP contribution is 2.36. The molecule has 16 heavy (non-hydrogen) atoms. The molecule has 0 bridgehead atoms. The van der Waals surface area contributed by atoms with Crippen LogP contribution in [0.1, 0.15) is 17.2 Å². The van der Waals surface area contributed by atoms with Crippen LogP contribution in [0.3, 0.4) is 0 Å². The molecule has 1 aliphatic heterocycles. The Morgan fingerprint density at radius 2 is 2.38 bits per heavy atom. The molecule has 0 saturated carbocycles. The third-order valence-corrected chi connectivity index (χ3v) is 2.59. The molecule has 5 nitrogen and oxygen atoms in total. The van der Waals surface area contributed by atoms with E-state index in [1.165, 1.54) is 0 Å². The van der Waals surface area contributed by atoms with Crippen LogP contribution >= 0.6 is 0 Å². The highest BCUT2D eigenvalue weighted by Gasteiger charge is 2.23. The molecule has 1 atom stereocenters. The first-order valence-electron chi connectivity index (χ1n) is 5.06. The van der Waals surface area contributed by atoms with Crippen LogP contribution in [0.15, 0.2) is 12.1 Å². The van der Waals surface area contributed by atoms with Gasteiger partial charge in [0.05, 0.1) is 19.8 Å². The molecule has 1 heterocycles. The van der Waals surface area contributed by atoms with Crippen LogP contribution in [0, 0.1) is 0 Å². The molecular formula is C11H15NO4. The summed E-state index contributed by atoms with van der Waals surface area (Å²) >= 11 is 0. The molecule has 1 aromatic carbocycles. The maximum Gasteiger partial charge on any atom is 0.189 e. The monoisotopic (exact) mass is 225 g/mol. The maximum absolute atomic E-state index is 9.88. The first-order chi connectivity index (χ1) is 7.77. The third-order valence-electron chi connectivity index (χ3n) is 2.59. The molecule has 0 aliphatic carbocycles. The van der Waals surface area contributed by atoms with Crippen molar-refractivity contribution >= 4 is 0 Å². The van der Waals surface area contributed by atoms with Crippen LogP contribution in [0.5, 0.6) is 11.5 Å². The number of hydrogen-bond acceptors (Lipinski definition) is 5. The minimum Gasteiger partial charge on any atom is -0.496 e. The molecule has 5 heteroatoms. The van der Waals surface area contributed by atoms with Crippen molar-refractivity contribution in [2.45, 2.75) is 12.7 Å². The summed E-state index contributed by atoms with van der Waals surface area (Å²) in [5.41, 5.74) is 6.94. The van der Waals surface area contributed by atoms with Gasteiger partial charge in [0, 0.05) is 17.7 Å². The summed E-state index contributed by atoms with van der Waals surface area (Å²) < 4.78 is 15.7. The highest BCUT2D eigenvalue weighted by atomic mass is 16.7. The zero-order valence-electron chi connectivity index (χ0n) is 9.10. The van der Waals surface area contributed by atoms with Gasteiger partial charge in [-0.1, -0.05) is 0 Å². The first-order valence-corrected chi connectivity index (χ1v) is 5.06. The Kier molecular flexibility index (Phi) is 3.28. The Bertz CT molecular complexity index is 380. The van der Waals surface area contributed by atoms with E-state index < -0.39 is 6.10 Å². The van der Waals surface area contributed by atoms with Gasteiger partial charge in [-0.25, -0.2) is 0 Å². The topological polar surface area (TPSA) is 73.9 Å². The molecule has 1 unspecified atom stereocenters. The van der Waals surface area contributed by atoms with Crippen molar-refractivity contribution in [3.8, 4) is 11.5 Å². The van der Waals surface area contributed by atoms with Crippen molar-refractivity contribution in [2.24, 2.45) is 5.73 Å². The Balaban J connectivity index is 2.51. The highest BCUT2D eigenvalue weighted by molar-refractivity contribution is 5.50. The summed E-state index contributed by atoms with van der Waals surface area (Å²) in [6.07, 6.45) is -0.768. The summed E-state index contributed by atoms with van der Waals surface area (Å²) in [6, 6.07) is 3.57. The van der Waals surface area contributed by atoms with E-state index in [4.69, 9.17) is 19.9 Å². The fourth-order valence-corrected chi connectivity index (χ4v) is 1.82. The largest absolute Gasteiger partial charge is 0.496 e. The van der Waals surface area contributed by atoms with E-state index in [1.54, 1.807) is 13.2 Å². The number of benzene rings is 1. The van der Waals surface area contributed by atoms with E-state index in [9.17, 15) is 5.11 Å². The van der Waals surface area contributed by atoms with Crippen LogP contribution in [-0.2, 0) is 11.3 Å². The standard InChI is InChI=1S/C11H15NO4/c1-14-10-3-2-9-7(5-15-6-16-9)11(10)8(13)4-12/h2-3,8,13H,4-6,12H2,1H3. The van der Waals surface area contributed by atoms with E-state index in [-0.39, 0.29) is 13.3 Å². The Morgan fingerprint density at radius 3 is 3.06 bits per heavy atom. The molecule has 2 rings (SSSR count). The molecule has 88 valence electrons. The van der Waals surface area contributed by atoms with Gasteiger partial charge in [0.15, 0.2) is 6.79 Å². The molecule has 0 amide bonds. The molecule has 1 aliphatic rings. The molecule has 0 spiro atoms. The van der Waals surface area contributed by atoms with Gasteiger partial charge in [0.2, 0.25) is 0 Å². The molecule has 3 N–H and O–H groups in total. The second-order valence-electron chi connectivity index (χ2n) is 3.52. The first kappa shape index (κ1) is 11.2. The van der Waals surface area contributed by atoms with Gasteiger partial charge < -0.3 is 25.1 Å². The van der Waals surface area contributed by atoms with Gasteiger partial charge in [-0.2, -0.15) is 0 Å². The third kappa shape index (κ3) is 1.84. The fraction of sp³-hybridized carbons (Fsp3) is 0.455. The Labute approximate surface area is 93.7 Å². The minimum absolute atomic E-state index is 0.132. The fourth-order valence-electron chi connectivity index (χ4n) is 1.82. The van der Waals surface area contributed by atoms with Crippen LogP contribution in [0.25, 0.3) is 0 Å². The van der Waals surface area contributed by atoms with E-state index in [0.29, 0.717) is 17.9 Å². The van der Waals surface area contributed by atoms with Crippen molar-refractivity contribution < 1.29 is 19.3 Å². The lowest BCUT2D eigenvalue weighted by molar-refractivity contribution is -0.0181. The minimum atomic E-state index is -0.768. The molecule has 0 aromatic heterocycles. The molecule has 1 aromatic rings. The predicted molar refractivity (Wildman–Crippen MR) is 57.3 cm³/mol. The summed E-state index contributed by atoms with van der Waals surface area (Å²) in [5, 5.41) is 9.88. The van der Waals surface area contributed by atoms with Crippen LogP contribution in [-0.4, -0.2) is 25.6 Å². The van der Waals surface area contributed by atoms with E-state index in [2.05, 4.69) is 0 Å². The van der Waals surface area contributed by atoms with Crippen molar-refractivity contribution in [1.29, 1.82) is 0 Å². The van der Waals surface area contributed by atoms with Gasteiger partial charge in [-0.3, -0.25) is 0 Å². The van der Waals surface area contributed by atoms with Crippen molar-refractivity contribution in [3.05, 3.63) is 23.3 Å². The summed E-state index contributed by atoms with van der Waals surface area (Å²) in [5.74, 6) is 1.32. The zero-order valence-corrected chi connectivity index (χ0v) is 9.10. The summed E-state index contributed by atoms with van der Waals surface area (Å²) in [4.78, 5) is 0.